The standard InChI is InChI=1S/C12H11N5O/c1-7-2-4-8(5-3-7)10-9(6-13)11(18)16-12(15-10)17-14/h2-5H,14H2,1H3,(H2,15,16,17,18). The first kappa shape index (κ1) is 11.8. The highest BCUT2D eigenvalue weighted by Crippen LogP contribution is 2.20. The van der Waals surface area contributed by atoms with E-state index < -0.39 is 5.56 Å². The van der Waals surface area contributed by atoms with Gasteiger partial charge in [0.25, 0.3) is 5.56 Å². The Morgan fingerprint density at radius 3 is 2.61 bits per heavy atom. The zero-order chi connectivity index (χ0) is 13.1. The maximum absolute atomic E-state index is 11.7. The Bertz CT molecular complexity index is 666. The number of hydrogen-bond donors (Lipinski definition) is 3. The molecule has 0 unspecified atom stereocenters. The molecule has 0 bridgehead atoms. The van der Waals surface area contributed by atoms with E-state index in [2.05, 4.69) is 15.4 Å². The van der Waals surface area contributed by atoms with Gasteiger partial charge in [-0.15, -0.1) is 0 Å². The van der Waals surface area contributed by atoms with Crippen LogP contribution in [-0.2, 0) is 0 Å². The lowest BCUT2D eigenvalue weighted by Gasteiger charge is -2.06. The molecule has 0 saturated carbocycles. The molecule has 0 radical (unpaired) electrons. The van der Waals surface area contributed by atoms with Crippen molar-refractivity contribution in [3.63, 3.8) is 0 Å². The van der Waals surface area contributed by atoms with Crippen LogP contribution in [0.15, 0.2) is 29.1 Å². The number of rotatable bonds is 2. The molecule has 0 spiro atoms. The van der Waals surface area contributed by atoms with Crippen molar-refractivity contribution >= 4 is 5.95 Å². The lowest BCUT2D eigenvalue weighted by molar-refractivity contribution is 1.07. The second kappa shape index (κ2) is 4.69. The minimum Gasteiger partial charge on any atom is -0.294 e. The van der Waals surface area contributed by atoms with Gasteiger partial charge in [-0.05, 0) is 6.92 Å². The summed E-state index contributed by atoms with van der Waals surface area (Å²) in [6.45, 7) is 1.95. The fourth-order valence-corrected chi connectivity index (χ4v) is 1.57. The van der Waals surface area contributed by atoms with Gasteiger partial charge in [-0.2, -0.15) is 5.26 Å². The van der Waals surface area contributed by atoms with Gasteiger partial charge in [0.15, 0.2) is 0 Å². The first-order valence-corrected chi connectivity index (χ1v) is 5.23. The van der Waals surface area contributed by atoms with Crippen molar-refractivity contribution in [1.82, 2.24) is 9.97 Å². The van der Waals surface area contributed by atoms with Gasteiger partial charge >= 0.3 is 0 Å². The van der Waals surface area contributed by atoms with E-state index in [0.717, 1.165) is 5.56 Å². The van der Waals surface area contributed by atoms with Crippen molar-refractivity contribution in [3.8, 4) is 17.3 Å². The number of nitrogens with zero attached hydrogens (tertiary/aromatic N) is 2. The molecule has 6 heteroatoms. The zero-order valence-corrected chi connectivity index (χ0v) is 9.69. The number of hydrogen-bond acceptors (Lipinski definition) is 5. The van der Waals surface area contributed by atoms with Gasteiger partial charge in [0.05, 0.1) is 5.69 Å². The Morgan fingerprint density at radius 1 is 1.39 bits per heavy atom. The SMILES string of the molecule is Cc1ccc(-c2nc(NN)[nH]c(=O)c2C#N)cc1. The average molecular weight is 241 g/mol. The summed E-state index contributed by atoms with van der Waals surface area (Å²) in [6, 6.07) is 9.23. The molecule has 1 heterocycles. The Hall–Kier alpha value is -2.65. The molecule has 2 aromatic rings. The molecule has 1 aromatic heterocycles. The van der Waals surface area contributed by atoms with Crippen LogP contribution in [0.5, 0.6) is 0 Å². The maximum atomic E-state index is 11.7. The number of nitrogens with two attached hydrogens (primary N) is 1. The molecule has 0 atom stereocenters. The maximum Gasteiger partial charge on any atom is 0.270 e. The lowest BCUT2D eigenvalue weighted by Crippen LogP contribution is -2.20. The highest BCUT2D eigenvalue weighted by atomic mass is 16.1. The van der Waals surface area contributed by atoms with Crippen LogP contribution in [0.1, 0.15) is 11.1 Å². The molecule has 2 rings (SSSR count). The van der Waals surface area contributed by atoms with E-state index in [4.69, 9.17) is 11.1 Å². The van der Waals surface area contributed by atoms with Crippen molar-refractivity contribution in [2.45, 2.75) is 6.92 Å². The summed E-state index contributed by atoms with van der Waals surface area (Å²) in [6.07, 6.45) is 0. The molecule has 18 heavy (non-hydrogen) atoms. The van der Waals surface area contributed by atoms with Crippen molar-refractivity contribution < 1.29 is 0 Å². The van der Waals surface area contributed by atoms with Crippen LogP contribution in [0.4, 0.5) is 5.95 Å². The predicted molar refractivity (Wildman–Crippen MR) is 67.6 cm³/mol. The molecule has 0 saturated heterocycles. The Kier molecular flexibility index (Phi) is 3.08. The van der Waals surface area contributed by atoms with Crippen LogP contribution in [0.2, 0.25) is 0 Å². The van der Waals surface area contributed by atoms with Gasteiger partial charge in [0.2, 0.25) is 5.95 Å². The predicted octanol–water partition coefficient (Wildman–Crippen LogP) is 0.903. The van der Waals surface area contributed by atoms with Gasteiger partial charge in [-0.3, -0.25) is 15.2 Å². The number of nitrogen functional groups attached to an aromatic ring is 1. The van der Waals surface area contributed by atoms with E-state index in [9.17, 15) is 4.79 Å². The summed E-state index contributed by atoms with van der Waals surface area (Å²) in [5.41, 5.74) is 3.81. The molecule has 0 aliphatic heterocycles. The van der Waals surface area contributed by atoms with Crippen LogP contribution in [-0.4, -0.2) is 9.97 Å². The average Bonchev–Trinajstić information content (AvgIpc) is 2.38. The van der Waals surface area contributed by atoms with Gasteiger partial charge in [-0.1, -0.05) is 29.8 Å². The number of H-pyrrole nitrogens is 1. The summed E-state index contributed by atoms with van der Waals surface area (Å²) in [7, 11) is 0. The van der Waals surface area contributed by atoms with Crippen LogP contribution in [0.25, 0.3) is 11.3 Å². The number of anilines is 1. The summed E-state index contributed by atoms with van der Waals surface area (Å²) in [5.74, 6) is 5.34. The topological polar surface area (TPSA) is 108 Å². The van der Waals surface area contributed by atoms with Crippen LogP contribution in [0, 0.1) is 18.3 Å². The monoisotopic (exact) mass is 241 g/mol. The van der Waals surface area contributed by atoms with E-state index in [1.54, 1.807) is 12.1 Å². The molecule has 0 fully saturated rings. The summed E-state index contributed by atoms with van der Waals surface area (Å²) >= 11 is 0. The molecule has 0 aliphatic carbocycles. The Labute approximate surface area is 103 Å². The number of nitriles is 1. The number of aromatic amines is 1. The molecular weight excluding hydrogens is 230 g/mol. The van der Waals surface area contributed by atoms with E-state index in [-0.39, 0.29) is 11.5 Å². The highest BCUT2D eigenvalue weighted by Gasteiger charge is 2.12. The minimum absolute atomic E-state index is 0.0298. The Morgan fingerprint density at radius 2 is 2.06 bits per heavy atom. The Balaban J connectivity index is 2.69. The third-order valence-corrected chi connectivity index (χ3v) is 2.49. The molecular formula is C12H11N5O. The lowest BCUT2D eigenvalue weighted by atomic mass is 10.1. The molecule has 90 valence electrons. The van der Waals surface area contributed by atoms with Crippen LogP contribution < -0.4 is 16.8 Å². The number of aromatic nitrogens is 2. The quantitative estimate of drug-likeness (QED) is 0.535. The summed E-state index contributed by atoms with van der Waals surface area (Å²) in [4.78, 5) is 18.2. The molecule has 0 aliphatic rings. The fraction of sp³-hybridized carbons (Fsp3) is 0.0833. The third-order valence-electron chi connectivity index (χ3n) is 2.49. The van der Waals surface area contributed by atoms with Gasteiger partial charge < -0.3 is 0 Å². The summed E-state index contributed by atoms with van der Waals surface area (Å²) < 4.78 is 0. The minimum atomic E-state index is -0.518. The first-order chi connectivity index (χ1) is 8.65. The molecule has 0 amide bonds. The van der Waals surface area contributed by atoms with Crippen molar-refractivity contribution in [2.24, 2.45) is 5.84 Å². The zero-order valence-electron chi connectivity index (χ0n) is 9.69. The van der Waals surface area contributed by atoms with E-state index >= 15 is 0 Å². The fourth-order valence-electron chi connectivity index (χ4n) is 1.57. The van der Waals surface area contributed by atoms with E-state index in [0.29, 0.717) is 11.3 Å². The van der Waals surface area contributed by atoms with Gasteiger partial charge in [-0.25, -0.2) is 10.8 Å². The third kappa shape index (κ3) is 2.07. The van der Waals surface area contributed by atoms with Crippen LogP contribution >= 0.6 is 0 Å². The number of nitrogens with one attached hydrogen (secondary N) is 2. The van der Waals surface area contributed by atoms with Gasteiger partial charge in [0.1, 0.15) is 11.6 Å². The largest absolute Gasteiger partial charge is 0.294 e. The second-order valence-electron chi connectivity index (χ2n) is 3.76. The van der Waals surface area contributed by atoms with Crippen LogP contribution in [0.3, 0.4) is 0 Å². The van der Waals surface area contributed by atoms with E-state index in [1.807, 2.05) is 25.1 Å². The normalized spacial score (nSPS) is 9.83. The van der Waals surface area contributed by atoms with Crippen molar-refractivity contribution in [1.29, 1.82) is 5.26 Å². The van der Waals surface area contributed by atoms with Crippen molar-refractivity contribution in [2.75, 3.05) is 5.43 Å². The first-order valence-electron chi connectivity index (χ1n) is 5.23. The van der Waals surface area contributed by atoms with E-state index in [1.165, 1.54) is 0 Å². The number of benzene rings is 1. The highest BCUT2D eigenvalue weighted by molar-refractivity contribution is 5.67. The van der Waals surface area contributed by atoms with Crippen molar-refractivity contribution in [3.05, 3.63) is 45.7 Å². The number of hydrazine groups is 1. The summed E-state index contributed by atoms with van der Waals surface area (Å²) in [5, 5.41) is 9.02. The number of aryl methyl sites for hydroxylation is 1. The second-order valence-corrected chi connectivity index (χ2v) is 3.76. The molecule has 4 N–H and O–H groups in total. The molecule has 1 aromatic carbocycles. The van der Waals surface area contributed by atoms with Gasteiger partial charge in [0, 0.05) is 5.56 Å². The smallest absolute Gasteiger partial charge is 0.270 e. The molecule has 6 nitrogen and oxygen atoms in total.